The predicted molar refractivity (Wildman–Crippen MR) is 96.6 cm³/mol. The van der Waals surface area contributed by atoms with Gasteiger partial charge in [-0.3, -0.25) is 9.52 Å². The average molecular weight is 384 g/mol. The number of carboxylic acids is 1. The van der Waals surface area contributed by atoms with Gasteiger partial charge in [0.2, 0.25) is 15.9 Å². The van der Waals surface area contributed by atoms with Crippen LogP contribution in [0.15, 0.2) is 24.3 Å². The van der Waals surface area contributed by atoms with Gasteiger partial charge >= 0.3 is 5.97 Å². The standard InChI is InChI=1S/C17H24N2O6S/c1-12(2)25-14-8-6-13(7-9-14)18-26(23,24)11-16(20)19-10-4-3-5-15(19)17(21)22/h6-9,12,15,18H,3-5,10-11H2,1-2H3,(H,21,22)/t15-/m1/s1. The summed E-state index contributed by atoms with van der Waals surface area (Å²) in [5, 5.41) is 9.21. The minimum atomic E-state index is -3.94. The molecule has 0 saturated carbocycles. The van der Waals surface area contributed by atoms with Gasteiger partial charge in [0.1, 0.15) is 17.5 Å². The Balaban J connectivity index is 2.01. The van der Waals surface area contributed by atoms with E-state index >= 15 is 0 Å². The fourth-order valence-electron chi connectivity index (χ4n) is 2.82. The highest BCUT2D eigenvalue weighted by Gasteiger charge is 2.33. The molecule has 1 aromatic carbocycles. The number of sulfonamides is 1. The second-order valence-electron chi connectivity index (χ2n) is 6.49. The van der Waals surface area contributed by atoms with Crippen LogP contribution < -0.4 is 9.46 Å². The number of anilines is 1. The number of hydrogen-bond acceptors (Lipinski definition) is 5. The third-order valence-corrected chi connectivity index (χ3v) is 5.09. The largest absolute Gasteiger partial charge is 0.491 e. The SMILES string of the molecule is CC(C)Oc1ccc(NS(=O)(=O)CC(=O)N2CCCC[C@@H]2C(=O)O)cc1. The number of nitrogens with one attached hydrogen (secondary N) is 1. The van der Waals surface area contributed by atoms with Crippen molar-refractivity contribution in [2.45, 2.75) is 45.3 Å². The molecule has 1 saturated heterocycles. The van der Waals surface area contributed by atoms with Crippen molar-refractivity contribution in [3.63, 3.8) is 0 Å². The topological polar surface area (TPSA) is 113 Å². The van der Waals surface area contributed by atoms with Crippen LogP contribution in [0.1, 0.15) is 33.1 Å². The summed E-state index contributed by atoms with van der Waals surface area (Å²) in [5.74, 6) is -1.99. The van der Waals surface area contributed by atoms with Crippen LogP contribution in [0.2, 0.25) is 0 Å². The number of carboxylic acid groups (broad SMARTS) is 1. The van der Waals surface area contributed by atoms with Crippen molar-refractivity contribution in [3.8, 4) is 5.75 Å². The highest BCUT2D eigenvalue weighted by molar-refractivity contribution is 7.93. The summed E-state index contributed by atoms with van der Waals surface area (Å²) >= 11 is 0. The molecule has 8 nitrogen and oxygen atoms in total. The number of ether oxygens (including phenoxy) is 1. The first-order valence-electron chi connectivity index (χ1n) is 8.47. The van der Waals surface area contributed by atoms with E-state index in [1.165, 1.54) is 0 Å². The number of nitrogens with zero attached hydrogens (tertiary/aromatic N) is 1. The fourth-order valence-corrected chi connectivity index (χ4v) is 3.88. The number of carbonyl (C=O) groups excluding carboxylic acids is 1. The first kappa shape index (κ1) is 20.0. The van der Waals surface area contributed by atoms with Gasteiger partial charge in [0.15, 0.2) is 0 Å². The Morgan fingerprint density at radius 1 is 1.27 bits per heavy atom. The fraction of sp³-hybridized carbons (Fsp3) is 0.529. The third kappa shape index (κ3) is 5.62. The average Bonchev–Trinajstić information content (AvgIpc) is 2.55. The van der Waals surface area contributed by atoms with Crippen LogP contribution in [-0.4, -0.2) is 54.7 Å². The Labute approximate surface area is 153 Å². The van der Waals surface area contributed by atoms with Crippen LogP contribution in [0.5, 0.6) is 5.75 Å². The van der Waals surface area contributed by atoms with E-state index in [2.05, 4.69) is 4.72 Å². The maximum atomic E-state index is 12.3. The number of aliphatic carboxylic acids is 1. The molecule has 1 aliphatic rings. The molecule has 2 N–H and O–H groups in total. The number of piperidine rings is 1. The van der Waals surface area contributed by atoms with Crippen molar-refractivity contribution in [1.29, 1.82) is 0 Å². The number of likely N-dealkylation sites (tertiary alicyclic amines) is 1. The van der Waals surface area contributed by atoms with Gasteiger partial charge in [-0.1, -0.05) is 0 Å². The van der Waals surface area contributed by atoms with Gasteiger partial charge < -0.3 is 14.7 Å². The van der Waals surface area contributed by atoms with Crippen LogP contribution in [0.25, 0.3) is 0 Å². The molecule has 0 aromatic heterocycles. The molecule has 0 aliphatic carbocycles. The summed E-state index contributed by atoms with van der Waals surface area (Å²) < 4.78 is 32.3. The van der Waals surface area contributed by atoms with E-state index in [0.29, 0.717) is 30.7 Å². The van der Waals surface area contributed by atoms with Gasteiger partial charge in [-0.25, -0.2) is 13.2 Å². The molecule has 144 valence electrons. The zero-order chi connectivity index (χ0) is 19.3. The Bertz CT molecular complexity index is 745. The summed E-state index contributed by atoms with van der Waals surface area (Å²) in [4.78, 5) is 24.7. The van der Waals surface area contributed by atoms with Gasteiger partial charge in [0.25, 0.3) is 0 Å². The quantitative estimate of drug-likeness (QED) is 0.739. The second kappa shape index (κ2) is 8.39. The molecule has 26 heavy (non-hydrogen) atoms. The maximum Gasteiger partial charge on any atom is 0.326 e. The smallest absolute Gasteiger partial charge is 0.326 e. The van der Waals surface area contributed by atoms with Crippen LogP contribution in [0, 0.1) is 0 Å². The number of rotatable bonds is 7. The molecule has 2 rings (SSSR count). The number of hydrogen-bond donors (Lipinski definition) is 2. The minimum absolute atomic E-state index is 0.00175. The second-order valence-corrected chi connectivity index (χ2v) is 8.21. The highest BCUT2D eigenvalue weighted by atomic mass is 32.2. The Morgan fingerprint density at radius 3 is 2.50 bits per heavy atom. The van der Waals surface area contributed by atoms with Crippen LogP contribution in [-0.2, 0) is 19.6 Å². The molecule has 1 fully saturated rings. The van der Waals surface area contributed by atoms with Crippen molar-refractivity contribution < 1.29 is 27.9 Å². The van der Waals surface area contributed by atoms with Crippen molar-refractivity contribution in [1.82, 2.24) is 4.90 Å². The maximum absolute atomic E-state index is 12.3. The van der Waals surface area contributed by atoms with E-state index in [4.69, 9.17) is 4.74 Å². The predicted octanol–water partition coefficient (Wildman–Crippen LogP) is 1.68. The summed E-state index contributed by atoms with van der Waals surface area (Å²) in [6.45, 7) is 4.02. The van der Waals surface area contributed by atoms with Crippen LogP contribution in [0.4, 0.5) is 5.69 Å². The van der Waals surface area contributed by atoms with Crippen molar-refractivity contribution in [2.75, 3.05) is 17.0 Å². The lowest BCUT2D eigenvalue weighted by atomic mass is 10.0. The van der Waals surface area contributed by atoms with Crippen molar-refractivity contribution in [3.05, 3.63) is 24.3 Å². The van der Waals surface area contributed by atoms with Gasteiger partial charge in [-0.2, -0.15) is 0 Å². The lowest BCUT2D eigenvalue weighted by Crippen LogP contribution is -2.50. The molecule has 0 bridgehead atoms. The van der Waals surface area contributed by atoms with E-state index in [-0.39, 0.29) is 12.6 Å². The van der Waals surface area contributed by atoms with Crippen LogP contribution >= 0.6 is 0 Å². The molecule has 1 atom stereocenters. The molecule has 9 heteroatoms. The first-order chi connectivity index (χ1) is 12.2. The summed E-state index contributed by atoms with van der Waals surface area (Å²) in [6.07, 6.45) is 1.71. The molecule has 0 spiro atoms. The van der Waals surface area contributed by atoms with Gasteiger partial charge in [0, 0.05) is 12.2 Å². The molecule has 1 aliphatic heterocycles. The lowest BCUT2D eigenvalue weighted by molar-refractivity contribution is -0.151. The summed E-state index contributed by atoms with van der Waals surface area (Å²) in [7, 11) is -3.94. The Morgan fingerprint density at radius 2 is 1.92 bits per heavy atom. The molecule has 1 heterocycles. The van der Waals surface area contributed by atoms with Crippen molar-refractivity contribution >= 4 is 27.6 Å². The van der Waals surface area contributed by atoms with Crippen LogP contribution in [0.3, 0.4) is 0 Å². The zero-order valence-corrected chi connectivity index (χ0v) is 15.7. The number of amides is 1. The summed E-state index contributed by atoms with van der Waals surface area (Å²) in [5.41, 5.74) is 0.308. The number of carbonyl (C=O) groups is 2. The molecular formula is C17H24N2O6S. The third-order valence-electron chi connectivity index (χ3n) is 3.92. The lowest BCUT2D eigenvalue weighted by Gasteiger charge is -2.32. The molecule has 1 aromatic rings. The summed E-state index contributed by atoms with van der Waals surface area (Å²) in [6, 6.07) is 5.38. The van der Waals surface area contributed by atoms with Gasteiger partial charge in [0.05, 0.1) is 6.10 Å². The number of benzene rings is 1. The molecular weight excluding hydrogens is 360 g/mol. The molecule has 0 unspecified atom stereocenters. The van der Waals surface area contributed by atoms with E-state index in [1.54, 1.807) is 24.3 Å². The van der Waals surface area contributed by atoms with Gasteiger partial charge in [-0.05, 0) is 57.4 Å². The normalized spacial score (nSPS) is 17.8. The van der Waals surface area contributed by atoms with Crippen molar-refractivity contribution in [2.24, 2.45) is 0 Å². The van der Waals surface area contributed by atoms with E-state index in [1.807, 2.05) is 13.8 Å². The highest BCUT2D eigenvalue weighted by Crippen LogP contribution is 2.20. The van der Waals surface area contributed by atoms with Gasteiger partial charge in [-0.15, -0.1) is 0 Å². The minimum Gasteiger partial charge on any atom is -0.491 e. The molecule has 1 amide bonds. The zero-order valence-electron chi connectivity index (χ0n) is 14.8. The Hall–Kier alpha value is -2.29. The van der Waals surface area contributed by atoms with E-state index in [0.717, 1.165) is 4.90 Å². The monoisotopic (exact) mass is 384 g/mol. The van der Waals surface area contributed by atoms with E-state index in [9.17, 15) is 23.1 Å². The first-order valence-corrected chi connectivity index (χ1v) is 10.1. The van der Waals surface area contributed by atoms with E-state index < -0.39 is 33.7 Å². The Kier molecular flexibility index (Phi) is 6.47. The molecule has 0 radical (unpaired) electrons.